The first-order valence-corrected chi connectivity index (χ1v) is 11.3. The summed E-state index contributed by atoms with van der Waals surface area (Å²) in [6, 6.07) is 6.55. The number of benzene rings is 1. The molecule has 1 aliphatic rings. The third kappa shape index (κ3) is 5.05. The number of carbonyl (C=O) groups is 3. The van der Waals surface area contributed by atoms with Crippen molar-refractivity contribution >= 4 is 40.3 Å². The molecule has 6 nitrogen and oxygen atoms in total. The number of amides is 2. The summed E-state index contributed by atoms with van der Waals surface area (Å²) in [5.41, 5.74) is 8.76. The molecule has 1 atom stereocenters. The standard InChI is InChI=1S/C24H31N3O3S/c1-14-7-8-19-20(9-14)27(13-21(28)17-10-15(2)31-16(17)3)23(30)18(25)12-26(19)22(29)11-24(4,5)6/h7-10,18H,11-13,25H2,1-6H3. The summed E-state index contributed by atoms with van der Waals surface area (Å²) in [5.74, 6) is -0.571. The molecule has 166 valence electrons. The molecular formula is C24H31N3O3S. The Labute approximate surface area is 188 Å². The maximum Gasteiger partial charge on any atom is 0.246 e. The van der Waals surface area contributed by atoms with Gasteiger partial charge in [-0.05, 0) is 49.9 Å². The number of ketones is 1. The van der Waals surface area contributed by atoms with E-state index in [0.717, 1.165) is 15.3 Å². The normalized spacial score (nSPS) is 16.9. The summed E-state index contributed by atoms with van der Waals surface area (Å²) >= 11 is 1.56. The van der Waals surface area contributed by atoms with Crippen LogP contribution in [0.4, 0.5) is 11.4 Å². The minimum atomic E-state index is -0.908. The number of hydrogen-bond acceptors (Lipinski definition) is 5. The van der Waals surface area contributed by atoms with Gasteiger partial charge in [-0.3, -0.25) is 14.4 Å². The van der Waals surface area contributed by atoms with Gasteiger partial charge >= 0.3 is 0 Å². The fraction of sp³-hybridized carbons (Fsp3) is 0.458. The van der Waals surface area contributed by atoms with Gasteiger partial charge < -0.3 is 15.5 Å². The molecule has 2 heterocycles. The van der Waals surface area contributed by atoms with E-state index in [4.69, 9.17) is 5.73 Å². The first-order chi connectivity index (χ1) is 14.4. The molecule has 0 saturated carbocycles. The maximum absolute atomic E-state index is 13.2. The van der Waals surface area contributed by atoms with E-state index in [1.165, 1.54) is 4.90 Å². The molecule has 3 rings (SSSR count). The molecule has 31 heavy (non-hydrogen) atoms. The zero-order valence-electron chi connectivity index (χ0n) is 19.1. The zero-order chi connectivity index (χ0) is 23.1. The molecular weight excluding hydrogens is 410 g/mol. The van der Waals surface area contributed by atoms with Crippen LogP contribution in [-0.4, -0.2) is 36.7 Å². The van der Waals surface area contributed by atoms with Crippen molar-refractivity contribution in [3.8, 4) is 0 Å². The lowest BCUT2D eigenvalue weighted by Gasteiger charge is -2.28. The van der Waals surface area contributed by atoms with Crippen LogP contribution < -0.4 is 15.5 Å². The molecule has 0 aliphatic carbocycles. The van der Waals surface area contributed by atoms with Gasteiger partial charge in [0.1, 0.15) is 6.04 Å². The minimum Gasteiger partial charge on any atom is -0.318 e. The van der Waals surface area contributed by atoms with Crippen LogP contribution in [0, 0.1) is 26.2 Å². The van der Waals surface area contributed by atoms with E-state index in [2.05, 4.69) is 0 Å². The number of aryl methyl sites for hydroxylation is 3. The van der Waals surface area contributed by atoms with Crippen molar-refractivity contribution in [2.75, 3.05) is 22.9 Å². The highest BCUT2D eigenvalue weighted by Gasteiger charge is 2.36. The topological polar surface area (TPSA) is 83.7 Å². The summed E-state index contributed by atoms with van der Waals surface area (Å²) in [4.78, 5) is 44.5. The van der Waals surface area contributed by atoms with Crippen molar-refractivity contribution < 1.29 is 14.4 Å². The number of nitrogens with zero attached hydrogens (tertiary/aromatic N) is 2. The second-order valence-electron chi connectivity index (χ2n) is 9.51. The summed E-state index contributed by atoms with van der Waals surface area (Å²) in [6.45, 7) is 11.8. The van der Waals surface area contributed by atoms with Crippen LogP contribution in [0.3, 0.4) is 0 Å². The first-order valence-electron chi connectivity index (χ1n) is 10.5. The first kappa shape index (κ1) is 23.2. The minimum absolute atomic E-state index is 0.0849. The van der Waals surface area contributed by atoms with Gasteiger partial charge in [0, 0.05) is 21.7 Å². The van der Waals surface area contributed by atoms with E-state index in [-0.39, 0.29) is 36.1 Å². The third-order valence-electron chi connectivity index (χ3n) is 5.30. The fourth-order valence-electron chi connectivity index (χ4n) is 3.85. The summed E-state index contributed by atoms with van der Waals surface area (Å²) < 4.78 is 0. The lowest BCUT2D eigenvalue weighted by Crippen LogP contribution is -2.49. The largest absolute Gasteiger partial charge is 0.318 e. The van der Waals surface area contributed by atoms with E-state index in [0.29, 0.717) is 23.4 Å². The van der Waals surface area contributed by atoms with Crippen molar-refractivity contribution in [3.63, 3.8) is 0 Å². The summed E-state index contributed by atoms with van der Waals surface area (Å²) in [5, 5.41) is 0. The second kappa shape index (κ2) is 8.55. The van der Waals surface area contributed by atoms with Crippen LogP contribution in [0.2, 0.25) is 0 Å². The summed E-state index contributed by atoms with van der Waals surface area (Å²) in [6.07, 6.45) is 0.327. The Kier molecular flexibility index (Phi) is 6.39. The molecule has 0 saturated heterocycles. The Morgan fingerprint density at radius 1 is 1.13 bits per heavy atom. The predicted molar refractivity (Wildman–Crippen MR) is 126 cm³/mol. The molecule has 1 aliphatic heterocycles. The quantitative estimate of drug-likeness (QED) is 0.727. The number of fused-ring (bicyclic) bond motifs is 1. The number of Topliss-reactive ketones (excluding diaryl/α,β-unsaturated/α-hetero) is 1. The lowest BCUT2D eigenvalue weighted by molar-refractivity contribution is -0.120. The van der Waals surface area contributed by atoms with Crippen LogP contribution in [0.15, 0.2) is 24.3 Å². The van der Waals surface area contributed by atoms with Crippen molar-refractivity contribution in [3.05, 3.63) is 45.1 Å². The molecule has 2 amide bonds. The Bertz CT molecular complexity index is 1040. The molecule has 0 fully saturated rings. The molecule has 2 N–H and O–H groups in total. The monoisotopic (exact) mass is 441 g/mol. The number of hydrogen-bond donors (Lipinski definition) is 1. The molecule has 1 aromatic carbocycles. The Balaban J connectivity index is 2.04. The SMILES string of the molecule is Cc1ccc2c(c1)N(CC(=O)c1cc(C)sc1C)C(=O)C(N)CN2C(=O)CC(C)(C)C. The van der Waals surface area contributed by atoms with Crippen molar-refractivity contribution in [1.82, 2.24) is 0 Å². The van der Waals surface area contributed by atoms with Gasteiger partial charge in [-0.25, -0.2) is 0 Å². The van der Waals surface area contributed by atoms with Gasteiger partial charge in [-0.1, -0.05) is 26.8 Å². The second-order valence-corrected chi connectivity index (χ2v) is 11.0. The van der Waals surface area contributed by atoms with Gasteiger partial charge in [0.25, 0.3) is 0 Å². The van der Waals surface area contributed by atoms with Crippen LogP contribution in [0.5, 0.6) is 0 Å². The average molecular weight is 442 g/mol. The number of anilines is 2. The van der Waals surface area contributed by atoms with Crippen molar-refractivity contribution in [2.45, 2.75) is 54.0 Å². The molecule has 0 spiro atoms. The van der Waals surface area contributed by atoms with Gasteiger partial charge in [0.05, 0.1) is 24.5 Å². The van der Waals surface area contributed by atoms with Gasteiger partial charge in [0.15, 0.2) is 5.78 Å². The van der Waals surface area contributed by atoms with Crippen LogP contribution in [0.1, 0.15) is 52.9 Å². The van der Waals surface area contributed by atoms with E-state index in [1.807, 2.05) is 65.8 Å². The Morgan fingerprint density at radius 3 is 2.39 bits per heavy atom. The van der Waals surface area contributed by atoms with E-state index < -0.39 is 6.04 Å². The molecule has 0 bridgehead atoms. The molecule has 0 radical (unpaired) electrons. The number of thiophene rings is 1. The van der Waals surface area contributed by atoms with Gasteiger partial charge in [-0.15, -0.1) is 11.3 Å². The van der Waals surface area contributed by atoms with Crippen molar-refractivity contribution in [1.29, 1.82) is 0 Å². The molecule has 7 heteroatoms. The average Bonchev–Trinajstić information content (AvgIpc) is 2.95. The highest BCUT2D eigenvalue weighted by molar-refractivity contribution is 7.12. The molecule has 2 aromatic rings. The zero-order valence-corrected chi connectivity index (χ0v) is 19.9. The van der Waals surface area contributed by atoms with E-state index in [1.54, 1.807) is 16.2 Å². The maximum atomic E-state index is 13.2. The Hall–Kier alpha value is -2.51. The number of carbonyl (C=O) groups excluding carboxylic acids is 3. The lowest BCUT2D eigenvalue weighted by atomic mass is 9.91. The van der Waals surface area contributed by atoms with E-state index >= 15 is 0 Å². The highest BCUT2D eigenvalue weighted by atomic mass is 32.1. The van der Waals surface area contributed by atoms with Gasteiger partial charge in [-0.2, -0.15) is 0 Å². The van der Waals surface area contributed by atoms with Crippen LogP contribution >= 0.6 is 11.3 Å². The number of rotatable bonds is 4. The molecule has 1 unspecified atom stereocenters. The van der Waals surface area contributed by atoms with Gasteiger partial charge in [0.2, 0.25) is 11.8 Å². The number of nitrogens with two attached hydrogens (primary N) is 1. The van der Waals surface area contributed by atoms with E-state index in [9.17, 15) is 14.4 Å². The highest BCUT2D eigenvalue weighted by Crippen LogP contribution is 2.35. The summed E-state index contributed by atoms with van der Waals surface area (Å²) in [7, 11) is 0. The van der Waals surface area contributed by atoms with Crippen LogP contribution in [0.25, 0.3) is 0 Å². The van der Waals surface area contributed by atoms with Crippen LogP contribution in [-0.2, 0) is 9.59 Å². The molecule has 1 aromatic heterocycles. The van der Waals surface area contributed by atoms with Crippen molar-refractivity contribution in [2.24, 2.45) is 11.1 Å². The predicted octanol–water partition coefficient (Wildman–Crippen LogP) is 4.00. The third-order valence-corrected chi connectivity index (χ3v) is 6.27. The smallest absolute Gasteiger partial charge is 0.246 e. The Morgan fingerprint density at radius 2 is 1.81 bits per heavy atom. The fourth-order valence-corrected chi connectivity index (χ4v) is 4.80.